The van der Waals surface area contributed by atoms with Crippen molar-refractivity contribution in [1.82, 2.24) is 9.69 Å². The number of aliphatic hydroxyl groups excluding tert-OH is 1. The van der Waals surface area contributed by atoms with Crippen molar-refractivity contribution >= 4 is 28.3 Å². The van der Waals surface area contributed by atoms with Gasteiger partial charge in [-0.15, -0.1) is 0 Å². The predicted octanol–water partition coefficient (Wildman–Crippen LogP) is 0.294. The molecule has 7 heteroatoms. The molecule has 1 amide bonds. The highest BCUT2D eigenvalue weighted by atomic mass is 32.1. The van der Waals surface area contributed by atoms with Gasteiger partial charge in [0.05, 0.1) is 0 Å². The number of nitrogen functional groups attached to an aromatic ring is 1. The summed E-state index contributed by atoms with van der Waals surface area (Å²) in [4.78, 5) is 13.9. The number of carbonyl (C=O) groups is 1. The zero-order chi connectivity index (χ0) is 13.1. The third-order valence-corrected chi connectivity index (χ3v) is 4.24. The molecule has 0 atom stereocenters. The summed E-state index contributed by atoms with van der Waals surface area (Å²) in [5, 5.41) is 12.5. The number of carbonyl (C=O) groups excluding carboxylic acids is 1. The molecule has 1 saturated heterocycles. The fourth-order valence-corrected chi connectivity index (χ4v) is 3.03. The molecule has 0 radical (unpaired) electrons. The van der Waals surface area contributed by atoms with Crippen LogP contribution in [0.1, 0.15) is 23.2 Å². The number of nitrogens with two attached hydrogens (primary N) is 1. The second-order valence-electron chi connectivity index (χ2n) is 4.44. The van der Waals surface area contributed by atoms with Crippen molar-refractivity contribution < 1.29 is 9.90 Å². The van der Waals surface area contributed by atoms with Gasteiger partial charge in [0.1, 0.15) is 10.6 Å². The summed E-state index contributed by atoms with van der Waals surface area (Å²) in [6, 6.07) is 0. The topological polar surface area (TPSA) is 91.5 Å². The fourth-order valence-electron chi connectivity index (χ4n) is 2.17. The Hall–Kier alpha value is -1.34. The van der Waals surface area contributed by atoms with Gasteiger partial charge in [0.15, 0.2) is 5.82 Å². The van der Waals surface area contributed by atoms with Crippen LogP contribution >= 0.6 is 11.5 Å². The molecule has 6 nitrogen and oxygen atoms in total. The number of anilines is 2. The Balaban J connectivity index is 2.17. The molecule has 0 saturated carbocycles. The van der Waals surface area contributed by atoms with E-state index in [-0.39, 0.29) is 12.5 Å². The molecule has 0 bridgehead atoms. The molecular weight excluding hydrogens is 252 g/mol. The van der Waals surface area contributed by atoms with E-state index < -0.39 is 0 Å². The first-order valence-corrected chi connectivity index (χ1v) is 6.77. The van der Waals surface area contributed by atoms with Crippen LogP contribution in [0.4, 0.5) is 10.8 Å². The van der Waals surface area contributed by atoms with E-state index >= 15 is 0 Å². The molecule has 0 unspecified atom stereocenters. The first kappa shape index (κ1) is 13.1. The molecule has 1 fully saturated rings. The monoisotopic (exact) mass is 270 g/mol. The van der Waals surface area contributed by atoms with Crippen LogP contribution in [0.5, 0.6) is 0 Å². The van der Waals surface area contributed by atoms with Crippen molar-refractivity contribution in [3.8, 4) is 0 Å². The van der Waals surface area contributed by atoms with Crippen LogP contribution in [0.15, 0.2) is 0 Å². The van der Waals surface area contributed by atoms with Gasteiger partial charge >= 0.3 is 0 Å². The Bertz CT molecular complexity index is 427. The maximum atomic E-state index is 11.8. The molecule has 4 N–H and O–H groups in total. The number of hydrogen-bond acceptors (Lipinski definition) is 6. The van der Waals surface area contributed by atoms with Crippen molar-refractivity contribution in [2.24, 2.45) is 5.92 Å². The molecule has 1 aliphatic heterocycles. The normalized spacial score (nSPS) is 16.9. The Morgan fingerprint density at radius 1 is 1.61 bits per heavy atom. The lowest BCUT2D eigenvalue weighted by Crippen LogP contribution is -2.35. The average molecular weight is 270 g/mol. The Labute approximate surface area is 110 Å². The van der Waals surface area contributed by atoms with Crippen LogP contribution in [-0.2, 0) is 0 Å². The summed E-state index contributed by atoms with van der Waals surface area (Å²) >= 11 is 1.26. The van der Waals surface area contributed by atoms with E-state index in [1.54, 1.807) is 7.05 Å². The molecule has 1 aromatic rings. The first-order valence-electron chi connectivity index (χ1n) is 6.00. The van der Waals surface area contributed by atoms with Gasteiger partial charge in [-0.25, -0.2) is 0 Å². The van der Waals surface area contributed by atoms with Crippen molar-refractivity contribution in [3.05, 3.63) is 5.56 Å². The van der Waals surface area contributed by atoms with E-state index in [4.69, 9.17) is 10.8 Å². The minimum atomic E-state index is -0.194. The van der Waals surface area contributed by atoms with E-state index in [1.165, 1.54) is 11.5 Å². The van der Waals surface area contributed by atoms with Gasteiger partial charge in [-0.2, -0.15) is 4.37 Å². The molecular formula is C11H18N4O2S. The van der Waals surface area contributed by atoms with Gasteiger partial charge in [0.2, 0.25) is 0 Å². The fraction of sp³-hybridized carbons (Fsp3) is 0.636. The molecule has 0 aromatic carbocycles. The molecule has 18 heavy (non-hydrogen) atoms. The number of aromatic nitrogens is 1. The van der Waals surface area contributed by atoms with Crippen LogP contribution in [0.2, 0.25) is 0 Å². The summed E-state index contributed by atoms with van der Waals surface area (Å²) in [6.07, 6.45) is 1.86. The molecule has 0 aliphatic carbocycles. The number of amides is 1. The highest BCUT2D eigenvalue weighted by molar-refractivity contribution is 7.11. The predicted molar refractivity (Wildman–Crippen MR) is 71.9 cm³/mol. The minimum absolute atomic E-state index is 0.194. The van der Waals surface area contributed by atoms with Crippen LogP contribution < -0.4 is 16.0 Å². The average Bonchev–Trinajstić information content (AvgIpc) is 2.80. The van der Waals surface area contributed by atoms with Gasteiger partial charge in [0.25, 0.3) is 5.91 Å². The SMILES string of the molecule is CNC(=O)c1c(N)nsc1N1CCC(CO)CC1. The lowest BCUT2D eigenvalue weighted by atomic mass is 9.98. The highest BCUT2D eigenvalue weighted by Crippen LogP contribution is 2.33. The maximum absolute atomic E-state index is 11.8. The van der Waals surface area contributed by atoms with Crippen molar-refractivity contribution in [1.29, 1.82) is 0 Å². The number of nitrogens with zero attached hydrogens (tertiary/aromatic N) is 2. The lowest BCUT2D eigenvalue weighted by molar-refractivity contribution is 0.0964. The van der Waals surface area contributed by atoms with E-state index in [0.717, 1.165) is 30.9 Å². The van der Waals surface area contributed by atoms with E-state index in [2.05, 4.69) is 14.6 Å². The van der Waals surface area contributed by atoms with Gasteiger partial charge in [-0.05, 0) is 30.3 Å². The van der Waals surface area contributed by atoms with Crippen molar-refractivity contribution in [3.63, 3.8) is 0 Å². The quantitative estimate of drug-likeness (QED) is 0.734. The second kappa shape index (κ2) is 5.53. The summed E-state index contributed by atoms with van der Waals surface area (Å²) < 4.78 is 4.07. The zero-order valence-electron chi connectivity index (χ0n) is 10.3. The number of aliphatic hydroxyl groups is 1. The molecule has 2 heterocycles. The van der Waals surface area contributed by atoms with Crippen LogP contribution in [-0.4, -0.2) is 42.1 Å². The minimum Gasteiger partial charge on any atom is -0.396 e. The van der Waals surface area contributed by atoms with Gasteiger partial charge in [0, 0.05) is 26.7 Å². The van der Waals surface area contributed by atoms with E-state index in [0.29, 0.717) is 17.3 Å². The summed E-state index contributed by atoms with van der Waals surface area (Å²) in [5.41, 5.74) is 6.23. The third-order valence-electron chi connectivity index (χ3n) is 3.31. The summed E-state index contributed by atoms with van der Waals surface area (Å²) in [5.74, 6) is 0.467. The number of hydrogen-bond donors (Lipinski definition) is 3. The molecule has 0 spiro atoms. The second-order valence-corrected chi connectivity index (χ2v) is 5.19. The lowest BCUT2D eigenvalue weighted by Gasteiger charge is -2.31. The Morgan fingerprint density at radius 2 is 2.28 bits per heavy atom. The van der Waals surface area contributed by atoms with Gasteiger partial charge in [-0.1, -0.05) is 0 Å². The molecule has 100 valence electrons. The van der Waals surface area contributed by atoms with Crippen LogP contribution in [0, 0.1) is 5.92 Å². The zero-order valence-corrected chi connectivity index (χ0v) is 11.2. The summed E-state index contributed by atoms with van der Waals surface area (Å²) in [6.45, 7) is 1.90. The smallest absolute Gasteiger partial charge is 0.257 e. The van der Waals surface area contributed by atoms with Crippen LogP contribution in [0.3, 0.4) is 0 Å². The highest BCUT2D eigenvalue weighted by Gasteiger charge is 2.26. The Morgan fingerprint density at radius 3 is 2.83 bits per heavy atom. The third kappa shape index (κ3) is 2.41. The summed E-state index contributed by atoms with van der Waals surface area (Å²) in [7, 11) is 1.58. The maximum Gasteiger partial charge on any atom is 0.257 e. The van der Waals surface area contributed by atoms with Gasteiger partial charge < -0.3 is 21.1 Å². The number of nitrogens with one attached hydrogen (secondary N) is 1. The number of piperidine rings is 1. The molecule has 1 aromatic heterocycles. The van der Waals surface area contributed by atoms with E-state index in [1.807, 2.05) is 0 Å². The standard InChI is InChI=1S/C11H18N4O2S/c1-13-10(17)8-9(12)14-18-11(8)15-4-2-7(6-16)3-5-15/h7,16H,2-6H2,1H3,(H2,12,14)(H,13,17). The van der Waals surface area contributed by atoms with E-state index in [9.17, 15) is 4.79 Å². The van der Waals surface area contributed by atoms with Crippen molar-refractivity contribution in [2.45, 2.75) is 12.8 Å². The number of rotatable bonds is 3. The van der Waals surface area contributed by atoms with Gasteiger partial charge in [-0.3, -0.25) is 4.79 Å². The Kier molecular flexibility index (Phi) is 4.03. The van der Waals surface area contributed by atoms with Crippen molar-refractivity contribution in [2.75, 3.05) is 37.4 Å². The largest absolute Gasteiger partial charge is 0.396 e. The molecule has 1 aliphatic rings. The first-order chi connectivity index (χ1) is 8.67. The molecule has 2 rings (SSSR count). The van der Waals surface area contributed by atoms with Crippen LogP contribution in [0.25, 0.3) is 0 Å².